The molecule has 168 valence electrons. The van der Waals surface area contributed by atoms with Crippen molar-refractivity contribution in [3.05, 3.63) is 62.9 Å². The van der Waals surface area contributed by atoms with Crippen LogP contribution in [0, 0.1) is 27.8 Å². The summed E-state index contributed by atoms with van der Waals surface area (Å²) in [5, 5.41) is 13.7. The Bertz CT molecular complexity index is 1300. The number of halogens is 2. The quantitative estimate of drug-likeness (QED) is 0.410. The molecule has 0 aliphatic carbocycles. The van der Waals surface area contributed by atoms with Crippen molar-refractivity contribution in [2.45, 2.75) is 24.4 Å². The van der Waals surface area contributed by atoms with Crippen LogP contribution in [-0.2, 0) is 19.9 Å². The van der Waals surface area contributed by atoms with Crippen molar-refractivity contribution in [2.75, 3.05) is 16.8 Å². The maximum absolute atomic E-state index is 14.3. The molecule has 4 aliphatic rings. The van der Waals surface area contributed by atoms with Crippen molar-refractivity contribution in [1.82, 2.24) is 4.90 Å². The van der Waals surface area contributed by atoms with E-state index in [0.29, 0.717) is 24.2 Å². The largest absolute Gasteiger partial charge is 0.324 e. The van der Waals surface area contributed by atoms with E-state index in [1.54, 1.807) is 0 Å². The third-order valence-corrected chi connectivity index (χ3v) is 7.64. The zero-order chi connectivity index (χ0) is 23.2. The van der Waals surface area contributed by atoms with Crippen LogP contribution < -0.4 is 10.2 Å². The summed E-state index contributed by atoms with van der Waals surface area (Å²) >= 11 is 6.24. The third kappa shape index (κ3) is 2.37. The van der Waals surface area contributed by atoms with Gasteiger partial charge in [-0.3, -0.25) is 29.4 Å². The van der Waals surface area contributed by atoms with E-state index in [2.05, 4.69) is 5.32 Å². The Labute approximate surface area is 191 Å². The molecule has 0 aromatic heterocycles. The number of nitrogens with one attached hydrogen (secondary N) is 1. The summed E-state index contributed by atoms with van der Waals surface area (Å²) in [4.78, 5) is 54.2. The summed E-state index contributed by atoms with van der Waals surface area (Å²) in [6.45, 7) is 0.500. The fourth-order valence-electron chi connectivity index (χ4n) is 6.20. The molecule has 0 radical (unpaired) electrons. The van der Waals surface area contributed by atoms with E-state index in [1.165, 1.54) is 30.3 Å². The van der Waals surface area contributed by atoms with E-state index in [1.807, 2.05) is 4.90 Å². The lowest BCUT2D eigenvalue weighted by Crippen LogP contribution is -2.54. The molecule has 4 atom stereocenters. The number of rotatable bonds is 2. The molecule has 1 spiro atoms. The molecule has 2 aromatic carbocycles. The summed E-state index contributed by atoms with van der Waals surface area (Å²) < 4.78 is 14.3. The summed E-state index contributed by atoms with van der Waals surface area (Å²) in [7, 11) is 0. The van der Waals surface area contributed by atoms with Crippen LogP contribution in [0.1, 0.15) is 18.4 Å². The fourth-order valence-corrected chi connectivity index (χ4v) is 6.46. The Morgan fingerprint density at radius 1 is 1.15 bits per heavy atom. The van der Waals surface area contributed by atoms with Gasteiger partial charge >= 0.3 is 0 Å². The second-order valence-electron chi connectivity index (χ2n) is 8.72. The molecule has 0 bridgehead atoms. The highest BCUT2D eigenvalue weighted by Crippen LogP contribution is 2.61. The van der Waals surface area contributed by atoms with Gasteiger partial charge in [0.1, 0.15) is 11.4 Å². The average Bonchev–Trinajstić information content (AvgIpc) is 3.47. The number of nitro benzene ring substituents is 1. The van der Waals surface area contributed by atoms with Crippen molar-refractivity contribution < 1.29 is 23.7 Å². The topological polar surface area (TPSA) is 113 Å². The van der Waals surface area contributed by atoms with Crippen LogP contribution in [0.15, 0.2) is 36.4 Å². The lowest BCUT2D eigenvalue weighted by molar-refractivity contribution is -0.384. The van der Waals surface area contributed by atoms with Gasteiger partial charge in [0.2, 0.25) is 17.7 Å². The predicted molar refractivity (Wildman–Crippen MR) is 114 cm³/mol. The molecule has 3 fully saturated rings. The first-order valence-corrected chi connectivity index (χ1v) is 10.8. The Kier molecular flexibility index (Phi) is 4.04. The SMILES string of the molecule is O=C1[C@H]2[C@@H](C(=O)N1c1ccc([N+](=O)[O-])cc1Cl)[C@]1(C(=O)Nc3ccc(F)cc31)N1CCC[C@@H]21. The van der Waals surface area contributed by atoms with Gasteiger partial charge in [-0.1, -0.05) is 11.6 Å². The van der Waals surface area contributed by atoms with Crippen LogP contribution in [0.2, 0.25) is 5.02 Å². The van der Waals surface area contributed by atoms with Crippen molar-refractivity contribution in [3.8, 4) is 0 Å². The number of hydrogen-bond donors (Lipinski definition) is 1. The minimum Gasteiger partial charge on any atom is -0.324 e. The highest BCUT2D eigenvalue weighted by molar-refractivity contribution is 6.36. The highest BCUT2D eigenvalue weighted by atomic mass is 35.5. The molecule has 2 aromatic rings. The normalized spacial score (nSPS) is 30.1. The van der Waals surface area contributed by atoms with Gasteiger partial charge in [-0.05, 0) is 43.7 Å². The van der Waals surface area contributed by atoms with E-state index in [4.69, 9.17) is 11.6 Å². The predicted octanol–water partition coefficient (Wildman–Crippen LogP) is 2.82. The van der Waals surface area contributed by atoms with E-state index < -0.39 is 45.8 Å². The Balaban J connectivity index is 1.53. The first-order chi connectivity index (χ1) is 15.8. The van der Waals surface area contributed by atoms with E-state index in [-0.39, 0.29) is 22.4 Å². The summed E-state index contributed by atoms with van der Waals surface area (Å²) in [6, 6.07) is 7.09. The number of imide groups is 1. The number of amides is 3. The van der Waals surface area contributed by atoms with Gasteiger partial charge in [-0.15, -0.1) is 0 Å². The standard InChI is InChI=1S/C22H16ClFN4O5/c23-13-9-11(28(32)33)4-6-15(13)27-19(29)17-16-2-1-7-26(16)22(18(17)20(27)30)12-8-10(24)3-5-14(12)25-21(22)31/h3-6,8-9,16-18H,1-2,7H2,(H,25,31)/t16-,17+,18-,22+/m0/s1. The van der Waals surface area contributed by atoms with Gasteiger partial charge in [0.15, 0.2) is 0 Å². The van der Waals surface area contributed by atoms with Crippen LogP contribution in [0.5, 0.6) is 0 Å². The van der Waals surface area contributed by atoms with Crippen molar-refractivity contribution >= 4 is 46.4 Å². The van der Waals surface area contributed by atoms with Gasteiger partial charge < -0.3 is 5.32 Å². The van der Waals surface area contributed by atoms with Gasteiger partial charge in [-0.2, -0.15) is 0 Å². The molecular weight excluding hydrogens is 455 g/mol. The first-order valence-electron chi connectivity index (χ1n) is 10.5. The highest BCUT2D eigenvalue weighted by Gasteiger charge is 2.74. The third-order valence-electron chi connectivity index (χ3n) is 7.34. The molecule has 1 N–H and O–H groups in total. The second-order valence-corrected chi connectivity index (χ2v) is 9.13. The molecule has 4 aliphatic heterocycles. The first kappa shape index (κ1) is 20.3. The van der Waals surface area contributed by atoms with Crippen molar-refractivity contribution in [3.63, 3.8) is 0 Å². The fraction of sp³-hybridized carbons (Fsp3) is 0.318. The monoisotopic (exact) mass is 470 g/mol. The molecule has 4 heterocycles. The van der Waals surface area contributed by atoms with Gasteiger partial charge in [-0.25, -0.2) is 9.29 Å². The van der Waals surface area contributed by atoms with Gasteiger partial charge in [0, 0.05) is 29.4 Å². The van der Waals surface area contributed by atoms with Crippen molar-refractivity contribution in [1.29, 1.82) is 0 Å². The van der Waals surface area contributed by atoms with E-state index in [9.17, 15) is 28.9 Å². The number of carbonyl (C=O) groups excluding carboxylic acids is 3. The number of benzene rings is 2. The second kappa shape index (κ2) is 6.58. The maximum Gasteiger partial charge on any atom is 0.271 e. The number of anilines is 2. The zero-order valence-electron chi connectivity index (χ0n) is 17.0. The van der Waals surface area contributed by atoms with Crippen LogP contribution in [0.3, 0.4) is 0 Å². The summed E-state index contributed by atoms with van der Waals surface area (Å²) in [5.74, 6) is -4.01. The van der Waals surface area contributed by atoms with E-state index in [0.717, 1.165) is 17.4 Å². The molecule has 0 unspecified atom stereocenters. The molecule has 0 saturated carbocycles. The van der Waals surface area contributed by atoms with E-state index >= 15 is 0 Å². The molecular formula is C22H16ClFN4O5. The average molecular weight is 471 g/mol. The number of fused-ring (bicyclic) bond motifs is 7. The minimum absolute atomic E-state index is 0.0317. The lowest BCUT2D eigenvalue weighted by atomic mass is 9.75. The molecule has 3 saturated heterocycles. The smallest absolute Gasteiger partial charge is 0.271 e. The minimum atomic E-state index is -1.50. The zero-order valence-corrected chi connectivity index (χ0v) is 17.7. The molecule has 11 heteroatoms. The Hall–Kier alpha value is -3.37. The number of carbonyl (C=O) groups is 3. The van der Waals surface area contributed by atoms with Crippen LogP contribution in [-0.4, -0.2) is 40.1 Å². The lowest BCUT2D eigenvalue weighted by Gasteiger charge is -2.36. The van der Waals surface area contributed by atoms with Crippen molar-refractivity contribution in [2.24, 2.45) is 11.8 Å². The van der Waals surface area contributed by atoms with Gasteiger partial charge in [0.25, 0.3) is 5.69 Å². The number of nitro groups is 1. The summed E-state index contributed by atoms with van der Waals surface area (Å²) in [5.41, 5.74) is -0.979. The Morgan fingerprint density at radius 2 is 1.94 bits per heavy atom. The Morgan fingerprint density at radius 3 is 2.67 bits per heavy atom. The van der Waals surface area contributed by atoms with Crippen LogP contribution >= 0.6 is 11.6 Å². The molecule has 3 amide bonds. The van der Waals surface area contributed by atoms with Crippen LogP contribution in [0.25, 0.3) is 0 Å². The maximum atomic E-state index is 14.3. The van der Waals surface area contributed by atoms with Crippen LogP contribution in [0.4, 0.5) is 21.5 Å². The number of non-ortho nitro benzene ring substituents is 1. The number of hydrogen-bond acceptors (Lipinski definition) is 6. The molecule has 6 rings (SSSR count). The molecule has 9 nitrogen and oxygen atoms in total. The summed E-state index contributed by atoms with van der Waals surface area (Å²) in [6.07, 6.45) is 1.34. The molecule has 33 heavy (non-hydrogen) atoms. The number of nitrogens with zero attached hydrogens (tertiary/aromatic N) is 3. The van der Waals surface area contributed by atoms with Gasteiger partial charge in [0.05, 0.1) is 27.5 Å².